The first-order valence-corrected chi connectivity index (χ1v) is 9.72. The van der Waals surface area contributed by atoms with Crippen LogP contribution in [0.5, 0.6) is 0 Å². The molecule has 0 N–H and O–H groups in total. The molecule has 1 unspecified atom stereocenters. The summed E-state index contributed by atoms with van der Waals surface area (Å²) in [5.41, 5.74) is 2.70. The van der Waals surface area contributed by atoms with Gasteiger partial charge in [0, 0.05) is 51.7 Å². The van der Waals surface area contributed by atoms with E-state index in [9.17, 15) is 8.42 Å². The van der Waals surface area contributed by atoms with Crippen LogP contribution in [0, 0.1) is 6.92 Å². The maximum atomic E-state index is 12.7. The molecule has 0 saturated carbocycles. The Hall–Kier alpha value is -1.22. The van der Waals surface area contributed by atoms with Gasteiger partial charge in [0.25, 0.3) is 10.2 Å². The summed E-state index contributed by atoms with van der Waals surface area (Å²) in [6, 6.07) is 3.96. The normalized spacial score (nSPS) is 19.7. The molecule has 1 aromatic heterocycles. The Bertz CT molecular complexity index is 659. The summed E-state index contributed by atoms with van der Waals surface area (Å²) in [4.78, 5) is 6.56. The monoisotopic (exact) mass is 356 g/mol. The minimum Gasteiger partial charge on any atom is -0.378 e. The zero-order valence-corrected chi connectivity index (χ0v) is 16.0. The van der Waals surface area contributed by atoms with Crippen LogP contribution in [-0.4, -0.2) is 68.9 Å². The van der Waals surface area contributed by atoms with Crippen molar-refractivity contribution < 1.29 is 13.2 Å². The maximum Gasteiger partial charge on any atom is 0.282 e. The summed E-state index contributed by atoms with van der Waals surface area (Å²) in [6.45, 7) is 7.61. The Morgan fingerprint density at radius 2 is 1.96 bits per heavy atom. The summed E-state index contributed by atoms with van der Waals surface area (Å²) in [5.74, 6) is 0. The third-order valence-corrected chi connectivity index (χ3v) is 6.34. The fourth-order valence-electron chi connectivity index (χ4n) is 2.83. The zero-order valence-electron chi connectivity index (χ0n) is 15.2. The topological polar surface area (TPSA) is 66.0 Å². The first-order valence-electron chi connectivity index (χ1n) is 8.32. The standard InChI is InChI=1S/C16H28N4O3S/c1-6-19(7-2)24(21,22)20-8-9-23-16(12-20)15-11-14(18(4)5)10-13(3)17-15/h10-11,16H,6-9,12H2,1-5H3. The summed E-state index contributed by atoms with van der Waals surface area (Å²) >= 11 is 0. The molecule has 0 bridgehead atoms. The molecule has 24 heavy (non-hydrogen) atoms. The first-order chi connectivity index (χ1) is 11.3. The largest absolute Gasteiger partial charge is 0.378 e. The predicted molar refractivity (Wildman–Crippen MR) is 95.4 cm³/mol. The average Bonchev–Trinajstić information content (AvgIpc) is 2.55. The molecule has 7 nitrogen and oxygen atoms in total. The molecule has 1 fully saturated rings. The van der Waals surface area contributed by atoms with Crippen molar-refractivity contribution in [1.29, 1.82) is 0 Å². The number of morpholine rings is 1. The number of hydrogen-bond donors (Lipinski definition) is 0. The molecule has 1 saturated heterocycles. The van der Waals surface area contributed by atoms with E-state index < -0.39 is 10.2 Å². The second kappa shape index (κ2) is 7.77. The third-order valence-electron chi connectivity index (χ3n) is 4.19. The Kier molecular flexibility index (Phi) is 6.19. The van der Waals surface area contributed by atoms with Crippen molar-refractivity contribution in [1.82, 2.24) is 13.6 Å². The van der Waals surface area contributed by atoms with Crippen molar-refractivity contribution in [3.05, 3.63) is 23.5 Å². The molecule has 2 heterocycles. The summed E-state index contributed by atoms with van der Waals surface area (Å²) in [5, 5.41) is 0. The van der Waals surface area contributed by atoms with Gasteiger partial charge in [0.2, 0.25) is 0 Å². The molecular weight excluding hydrogens is 328 g/mol. The highest BCUT2D eigenvalue weighted by Gasteiger charge is 2.34. The van der Waals surface area contributed by atoms with E-state index in [1.165, 1.54) is 8.61 Å². The summed E-state index contributed by atoms with van der Waals surface area (Å²) in [6.07, 6.45) is -0.345. The van der Waals surface area contributed by atoms with Crippen molar-refractivity contribution in [2.75, 3.05) is 51.8 Å². The van der Waals surface area contributed by atoms with Crippen LogP contribution in [0.25, 0.3) is 0 Å². The second-order valence-electron chi connectivity index (χ2n) is 6.10. The lowest BCUT2D eigenvalue weighted by Crippen LogP contribution is -2.49. The number of nitrogens with zero attached hydrogens (tertiary/aromatic N) is 4. The van der Waals surface area contributed by atoms with Gasteiger partial charge in [0.15, 0.2) is 0 Å². The van der Waals surface area contributed by atoms with Gasteiger partial charge in [-0.15, -0.1) is 0 Å². The number of hydrogen-bond acceptors (Lipinski definition) is 5. The van der Waals surface area contributed by atoms with Crippen molar-refractivity contribution >= 4 is 15.9 Å². The molecule has 0 spiro atoms. The van der Waals surface area contributed by atoms with Crippen molar-refractivity contribution in [2.45, 2.75) is 26.9 Å². The van der Waals surface area contributed by atoms with Gasteiger partial charge < -0.3 is 9.64 Å². The van der Waals surface area contributed by atoms with E-state index in [-0.39, 0.29) is 6.10 Å². The molecule has 8 heteroatoms. The zero-order chi connectivity index (χ0) is 17.9. The SMILES string of the molecule is CCN(CC)S(=O)(=O)N1CCOC(c2cc(N(C)C)cc(C)n2)C1. The highest BCUT2D eigenvalue weighted by Crippen LogP contribution is 2.26. The number of anilines is 1. The Morgan fingerprint density at radius 1 is 1.29 bits per heavy atom. The Balaban J connectivity index is 2.25. The van der Waals surface area contributed by atoms with Gasteiger partial charge in [-0.1, -0.05) is 13.8 Å². The van der Waals surface area contributed by atoms with Crippen LogP contribution in [0.3, 0.4) is 0 Å². The second-order valence-corrected chi connectivity index (χ2v) is 8.02. The van der Waals surface area contributed by atoms with Crippen LogP contribution in [-0.2, 0) is 14.9 Å². The number of ether oxygens (including phenoxy) is 1. The molecule has 0 aromatic carbocycles. The fraction of sp³-hybridized carbons (Fsp3) is 0.688. The molecule has 1 aromatic rings. The van der Waals surface area contributed by atoms with Crippen LogP contribution in [0.4, 0.5) is 5.69 Å². The van der Waals surface area contributed by atoms with E-state index in [1.807, 2.05) is 51.9 Å². The van der Waals surface area contributed by atoms with Crippen LogP contribution in [0.15, 0.2) is 12.1 Å². The lowest BCUT2D eigenvalue weighted by atomic mass is 10.1. The van der Waals surface area contributed by atoms with Gasteiger partial charge in [0.05, 0.1) is 12.3 Å². The lowest BCUT2D eigenvalue weighted by molar-refractivity contribution is -0.00662. The summed E-state index contributed by atoms with van der Waals surface area (Å²) < 4.78 is 34.3. The number of rotatable bonds is 6. The van der Waals surface area contributed by atoms with E-state index in [4.69, 9.17) is 4.74 Å². The highest BCUT2D eigenvalue weighted by atomic mass is 32.2. The van der Waals surface area contributed by atoms with E-state index in [0.29, 0.717) is 32.8 Å². The molecule has 1 aliphatic rings. The molecule has 1 aliphatic heterocycles. The number of pyridine rings is 1. The minimum absolute atomic E-state index is 0.294. The number of aromatic nitrogens is 1. The van der Waals surface area contributed by atoms with Gasteiger partial charge in [-0.25, -0.2) is 0 Å². The van der Waals surface area contributed by atoms with Crippen LogP contribution >= 0.6 is 0 Å². The first kappa shape index (κ1) is 19.1. The van der Waals surface area contributed by atoms with Gasteiger partial charge in [-0.2, -0.15) is 17.0 Å². The minimum atomic E-state index is -3.45. The van der Waals surface area contributed by atoms with Crippen LogP contribution in [0.2, 0.25) is 0 Å². The quantitative estimate of drug-likeness (QED) is 0.771. The average molecular weight is 356 g/mol. The maximum absolute atomic E-state index is 12.7. The van der Waals surface area contributed by atoms with Crippen LogP contribution < -0.4 is 4.90 Å². The summed E-state index contributed by atoms with van der Waals surface area (Å²) in [7, 11) is 0.486. The molecule has 1 atom stereocenters. The Morgan fingerprint density at radius 3 is 2.54 bits per heavy atom. The predicted octanol–water partition coefficient (Wildman–Crippen LogP) is 1.42. The highest BCUT2D eigenvalue weighted by molar-refractivity contribution is 7.86. The van der Waals surface area contributed by atoms with Crippen molar-refractivity contribution in [2.24, 2.45) is 0 Å². The lowest BCUT2D eigenvalue weighted by Gasteiger charge is -2.35. The third kappa shape index (κ3) is 4.05. The molecule has 136 valence electrons. The van der Waals surface area contributed by atoms with E-state index in [0.717, 1.165) is 17.1 Å². The molecule has 0 radical (unpaired) electrons. The van der Waals surface area contributed by atoms with E-state index in [2.05, 4.69) is 4.98 Å². The van der Waals surface area contributed by atoms with Gasteiger partial charge >= 0.3 is 0 Å². The number of aryl methyl sites for hydroxylation is 1. The van der Waals surface area contributed by atoms with Gasteiger partial charge in [0.1, 0.15) is 6.10 Å². The van der Waals surface area contributed by atoms with Gasteiger partial charge in [-0.05, 0) is 19.1 Å². The molecular formula is C16H28N4O3S. The van der Waals surface area contributed by atoms with Crippen molar-refractivity contribution in [3.8, 4) is 0 Å². The molecule has 0 amide bonds. The van der Waals surface area contributed by atoms with Crippen molar-refractivity contribution in [3.63, 3.8) is 0 Å². The van der Waals surface area contributed by atoms with Crippen LogP contribution in [0.1, 0.15) is 31.3 Å². The molecule has 2 rings (SSSR count). The fourth-order valence-corrected chi connectivity index (χ4v) is 4.43. The van der Waals surface area contributed by atoms with Gasteiger partial charge in [-0.3, -0.25) is 4.98 Å². The molecule has 0 aliphatic carbocycles. The van der Waals surface area contributed by atoms with E-state index >= 15 is 0 Å². The van der Waals surface area contributed by atoms with E-state index in [1.54, 1.807) is 0 Å². The Labute approximate surface area is 145 Å². The smallest absolute Gasteiger partial charge is 0.282 e.